The van der Waals surface area contributed by atoms with Crippen molar-refractivity contribution in [3.63, 3.8) is 0 Å². The molecule has 5 heterocycles. The second-order valence-electron chi connectivity index (χ2n) is 18.3. The van der Waals surface area contributed by atoms with Crippen LogP contribution in [-0.4, -0.2) is 349 Å². The van der Waals surface area contributed by atoms with Gasteiger partial charge < -0.3 is 64.0 Å². The van der Waals surface area contributed by atoms with Gasteiger partial charge in [0.05, 0.1) is 71.7 Å². The van der Waals surface area contributed by atoms with Crippen LogP contribution in [-0.2, 0) is 91.6 Å². The number of carbonyl (C=O) groups excluding carboxylic acids is 3. The summed E-state index contributed by atoms with van der Waals surface area (Å²) in [6.07, 6.45) is 20.1. The van der Waals surface area contributed by atoms with Gasteiger partial charge in [0.15, 0.2) is 5.69 Å². The first-order valence-electron chi connectivity index (χ1n) is 28.2. The summed E-state index contributed by atoms with van der Waals surface area (Å²) < 4.78 is 54.6. The molecule has 0 saturated heterocycles. The van der Waals surface area contributed by atoms with Crippen LogP contribution in [0.2, 0.25) is 0 Å². The zero-order chi connectivity index (χ0) is 63.9. The van der Waals surface area contributed by atoms with E-state index in [1.807, 2.05) is 93.5 Å². The summed E-state index contributed by atoms with van der Waals surface area (Å²) in [6.45, 7) is 10.9. The van der Waals surface area contributed by atoms with Gasteiger partial charge in [0.2, 0.25) is 0 Å². The van der Waals surface area contributed by atoms with Crippen LogP contribution in [0.4, 0.5) is 0 Å². The number of aliphatic hydroxyl groups is 2. The molecule has 6 atom stereocenters. The van der Waals surface area contributed by atoms with Crippen LogP contribution in [0.3, 0.4) is 0 Å². The van der Waals surface area contributed by atoms with Crippen molar-refractivity contribution in [3.05, 3.63) is 95.9 Å². The molecular weight excluding hydrogens is 1440 g/mol. The van der Waals surface area contributed by atoms with Crippen LogP contribution >= 0.6 is 7.60 Å². The number of ether oxygens (including phenoxy) is 3. The van der Waals surface area contributed by atoms with E-state index < -0.39 is 29.5 Å². The third-order valence-corrected chi connectivity index (χ3v) is 12.6. The van der Waals surface area contributed by atoms with Crippen LogP contribution in [0.1, 0.15) is 106 Å². The van der Waals surface area contributed by atoms with Crippen molar-refractivity contribution < 1.29 is 143 Å². The van der Waals surface area contributed by atoms with E-state index in [4.69, 9.17) is 33.8 Å². The van der Waals surface area contributed by atoms with Crippen molar-refractivity contribution in [2.24, 2.45) is 53.0 Å². The third kappa shape index (κ3) is 48.5. The van der Waals surface area contributed by atoms with Gasteiger partial charge in [-0.05, 0) is 102 Å². The second kappa shape index (κ2) is 57.9. The quantitative estimate of drug-likeness (QED) is 0.0153. The summed E-state index contributed by atoms with van der Waals surface area (Å²) in [7, 11) is 4.51. The Hall–Kier alpha value is 6.07. The number of hydrogen-bond acceptors (Lipinski definition) is 18. The summed E-state index contributed by atoms with van der Waals surface area (Å²) in [5.74, 6) is 0.377. The molecule has 34 heteroatoms. The first-order chi connectivity index (χ1) is 39.3. The van der Waals surface area contributed by atoms with Crippen molar-refractivity contribution in [1.82, 2.24) is 48.9 Å². The van der Waals surface area contributed by atoms with Crippen molar-refractivity contribution in [2.75, 3.05) is 71.2 Å². The topological polar surface area (TPSA) is 298 Å². The summed E-state index contributed by atoms with van der Waals surface area (Å²) in [5.41, 5.74) is 4.09. The van der Waals surface area contributed by atoms with Crippen LogP contribution in [0.15, 0.2) is 67.4 Å². The number of aliphatic hydroxyl groups excluding tert-OH is 2. The van der Waals surface area contributed by atoms with E-state index in [1.165, 1.54) is 206 Å². The second-order valence-corrected chi connectivity index (χ2v) is 23.8. The average Bonchev–Trinajstić information content (AvgIpc) is 2.16. The number of aromatic nitrogens is 10. The van der Waals surface area contributed by atoms with Gasteiger partial charge in [0, 0.05) is 103 Å². The van der Waals surface area contributed by atoms with Crippen molar-refractivity contribution in [3.8, 4) is 0 Å². The predicted octanol–water partition coefficient (Wildman–Crippen LogP) is -2.74. The zero-order valence-corrected chi connectivity index (χ0v) is 79.9. The number of nitrogens with zero attached hydrogens (tertiary/aromatic N) is 10. The van der Waals surface area contributed by atoms with E-state index in [2.05, 4.69) is 30.2 Å². The number of carboxylic acid groups (broad SMARTS) is 1. The molecule has 446 valence electrons. The molecule has 0 aliphatic heterocycles. The summed E-state index contributed by atoms with van der Waals surface area (Å²) in [6, 6.07) is 9.28. The van der Waals surface area contributed by atoms with E-state index in [1.54, 1.807) is 75.1 Å². The number of esters is 3. The van der Waals surface area contributed by atoms with Gasteiger partial charge in [-0.2, -0.15) is 25.5 Å². The molecular formula is C51H83IK7N10O14PS. The molecule has 0 radical (unpaired) electrons. The Morgan fingerprint density at radius 2 is 0.988 bits per heavy atom. The fourth-order valence-corrected chi connectivity index (χ4v) is 8.28. The van der Waals surface area contributed by atoms with Crippen LogP contribution in [0, 0.1) is 17.8 Å². The Balaban J connectivity index is -0.000000294. The zero-order valence-electron chi connectivity index (χ0n) is 55.2. The molecule has 5 aromatic rings. The molecule has 0 spiro atoms. The minimum absolute atomic E-state index is 0. The molecule has 3 fully saturated rings. The van der Waals surface area contributed by atoms with Gasteiger partial charge >= 0.3 is 272 Å². The number of carbonyl (C=O) groups is 4. The van der Waals surface area contributed by atoms with Gasteiger partial charge in [-0.1, -0.05) is 0 Å². The van der Waals surface area contributed by atoms with E-state index in [0.717, 1.165) is 42.0 Å². The standard InChI is InChI=1S/C10H14N2O2.C9H12N2O2.2C8H12N2O.C8H17O5P.C5H6N2O2.C3H9OS.HI.7K.H/c1-3-14-10(13)8-6-7(8)9-4-5-12(2)11-9;1-3-13-9(12)5-4-8-6-7-11(2)10-8;2*1-10-3-2-8(9-10)7-4-6(7)5-11;1-4-11-8(9)7-14(10,12-5-2)13-6-3;1-7-3-2-4(6-7)5(8)9;1-5(2,3)4;;;;;;;;;/h4-5,7-8H,3,6H2,1-2H3;4-7H,3H2,1-2H3;2*2-3,6-7,11H,4-5H2,1H3;4-7H2,1-3H3;2-3H,1H3,(H,8,9);1-3H3;1H;;;;;;;;/q;;;;;;+1;;;;;;;;+1;-1/p-1/b;5-4+;;;;;;;;;;;;;;/t7-,8-;;2*6-,7+;;;;;;;;;;;;/m0.11............/s1. The van der Waals surface area contributed by atoms with E-state index in [0.29, 0.717) is 50.1 Å². The number of aryl methyl sites for hydroxylation is 5. The molecule has 0 amide bonds. The van der Waals surface area contributed by atoms with Gasteiger partial charge in [0.25, 0.3) is 0 Å². The normalized spacial score (nSPS) is 17.0. The third-order valence-electron chi connectivity index (χ3n) is 10.7. The molecule has 0 unspecified atom stereocenters. The molecule has 8 rings (SSSR count). The predicted molar refractivity (Wildman–Crippen MR) is 326 cm³/mol. The molecule has 85 heavy (non-hydrogen) atoms. The van der Waals surface area contributed by atoms with Gasteiger partial charge in [-0.3, -0.25) is 37.6 Å². The Bertz CT molecular complexity index is 2650. The van der Waals surface area contributed by atoms with E-state index in [-0.39, 0.29) is 132 Å². The Kier molecular flexibility index (Phi) is 66.4. The van der Waals surface area contributed by atoms with Crippen LogP contribution < -0.4 is 75.4 Å². The number of rotatable bonds is 18. The van der Waals surface area contributed by atoms with Gasteiger partial charge in [-0.15, -0.1) is 4.21 Å². The molecule has 3 saturated carbocycles. The number of carboxylic acids is 1. The fourth-order valence-electron chi connectivity index (χ4n) is 6.83. The van der Waals surface area contributed by atoms with Crippen LogP contribution in [0.25, 0.3) is 6.08 Å². The van der Waals surface area contributed by atoms with E-state index in [9.17, 15) is 28.0 Å². The Labute approximate surface area is 701 Å². The number of halogens is 1. The first-order valence-corrected chi connectivity index (χ1v) is 80.7. The summed E-state index contributed by atoms with van der Waals surface area (Å²) in [5, 5.41) is 46.5. The number of hydrogen-bond donors (Lipinski definition) is 3. The molecule has 0 bridgehead atoms. The van der Waals surface area contributed by atoms with Crippen molar-refractivity contribution in [2.45, 2.75) is 71.6 Å². The van der Waals surface area contributed by atoms with E-state index >= 15 is 0 Å². The first kappa shape index (κ1) is 97.5. The van der Waals surface area contributed by atoms with Gasteiger partial charge in [0.1, 0.15) is 24.9 Å². The van der Waals surface area contributed by atoms with Crippen molar-refractivity contribution in [1.29, 1.82) is 0 Å². The molecule has 3 N–H and O–H groups in total. The monoisotopic (exact) mass is 1520 g/mol. The molecule has 3 aliphatic rings. The van der Waals surface area contributed by atoms with Crippen LogP contribution in [0.5, 0.6) is 0 Å². The van der Waals surface area contributed by atoms with Gasteiger partial charge in [-0.25, -0.2) is 9.59 Å². The maximum absolute atomic E-state index is 11.8. The summed E-state index contributed by atoms with van der Waals surface area (Å²) in [4.78, 5) is 43.4. The molecule has 5 aromatic heterocycles. The molecule has 0 aromatic carbocycles. The summed E-state index contributed by atoms with van der Waals surface area (Å²) >= 11 is 7.50. The van der Waals surface area contributed by atoms with Crippen molar-refractivity contribution >= 4 is 237 Å². The molecule has 3 aliphatic carbocycles. The maximum atomic E-state index is 11.8. The average molecular weight is 1520 g/mol. The SMILES string of the molecule is CCOC(=O)/C=C/c1ccn(C)n1.CCOC(=O)CP(=O)(OCC)OCC.CCOC(=O)[C@H]1C[C@@H]1c1ccn(C)n1.C[S+](C)(C)=O.Cn1ccc(C(=O)O)n1.Cn1ccc([C@H]2C[C@@H]2CO)n1.Cn1ccc([C@H]2C[C@@H]2CO)n1.[H-].[I-].[K+].[K][K].[K][K].[K][K]. The fraction of sp³-hybridized carbons (Fsp3) is 0.588. The molecule has 24 nitrogen and oxygen atoms in total. The Morgan fingerprint density at radius 3 is 1.28 bits per heavy atom. The number of aromatic carboxylic acids is 1. The minimum atomic E-state index is -3.28. The Morgan fingerprint density at radius 1 is 0.612 bits per heavy atom.